The molecule has 0 spiro atoms. The summed E-state index contributed by atoms with van der Waals surface area (Å²) in [6.45, 7) is 3.13. The van der Waals surface area contributed by atoms with Crippen molar-refractivity contribution in [2.45, 2.75) is 25.6 Å². The number of hydrogen-bond acceptors (Lipinski definition) is 5. The van der Waals surface area contributed by atoms with E-state index in [1.165, 1.54) is 17.8 Å². The van der Waals surface area contributed by atoms with Crippen LogP contribution in [0.15, 0.2) is 41.4 Å². The molecule has 1 amide bonds. The van der Waals surface area contributed by atoms with Crippen molar-refractivity contribution in [2.24, 2.45) is 4.99 Å². The van der Waals surface area contributed by atoms with Gasteiger partial charge in [-0.1, -0.05) is 23.9 Å². The number of carbonyl (C=O) groups excluding carboxylic acids is 1. The summed E-state index contributed by atoms with van der Waals surface area (Å²) in [6.07, 6.45) is -2.32. The number of likely N-dealkylation sites (tertiary alicyclic amines) is 1. The number of carbonyl (C=O) groups is 1. The van der Waals surface area contributed by atoms with Gasteiger partial charge in [0.2, 0.25) is 0 Å². The van der Waals surface area contributed by atoms with Crippen LogP contribution < -0.4 is 5.32 Å². The molecule has 0 bridgehead atoms. The third-order valence-electron chi connectivity index (χ3n) is 5.81. The first-order valence-electron chi connectivity index (χ1n) is 10.8. The van der Waals surface area contributed by atoms with Crippen molar-refractivity contribution in [3.63, 3.8) is 0 Å². The molecule has 2 aliphatic heterocycles. The fourth-order valence-electron chi connectivity index (χ4n) is 4.25. The highest BCUT2D eigenvalue weighted by Crippen LogP contribution is 2.38. The van der Waals surface area contributed by atoms with Gasteiger partial charge in [0.25, 0.3) is 5.91 Å². The molecule has 2 aliphatic rings. The summed E-state index contributed by atoms with van der Waals surface area (Å²) in [6, 6.07) is 9.20. The van der Waals surface area contributed by atoms with Crippen LogP contribution in [0.1, 0.15) is 34.3 Å². The minimum Gasteiger partial charge on any atom is -0.338 e. The fourth-order valence-corrected chi connectivity index (χ4v) is 4.97. The van der Waals surface area contributed by atoms with Crippen molar-refractivity contribution >= 4 is 33.9 Å². The Kier molecular flexibility index (Phi) is 5.88. The highest BCUT2D eigenvalue weighted by molar-refractivity contribution is 8.14. The minimum atomic E-state index is -4.53. The predicted octanol–water partition coefficient (Wildman–Crippen LogP) is 4.68. The monoisotopic (exact) mass is 473 g/mol. The number of fused-ring (bicyclic) bond motifs is 1. The van der Waals surface area contributed by atoms with Crippen LogP contribution in [-0.2, 0) is 12.7 Å². The van der Waals surface area contributed by atoms with Crippen LogP contribution in [0.2, 0.25) is 0 Å². The van der Waals surface area contributed by atoms with Crippen molar-refractivity contribution in [2.75, 3.05) is 25.4 Å². The van der Waals surface area contributed by atoms with Crippen molar-refractivity contribution in [3.8, 4) is 11.4 Å². The largest absolute Gasteiger partial charge is 0.417 e. The lowest BCUT2D eigenvalue weighted by Crippen LogP contribution is -2.27. The molecule has 2 N–H and O–H groups in total. The van der Waals surface area contributed by atoms with E-state index in [1.54, 1.807) is 24.3 Å². The summed E-state index contributed by atoms with van der Waals surface area (Å²) < 4.78 is 41.5. The predicted molar refractivity (Wildman–Crippen MR) is 123 cm³/mol. The Bertz CT molecular complexity index is 1230. The van der Waals surface area contributed by atoms with Gasteiger partial charge >= 0.3 is 6.18 Å². The summed E-state index contributed by atoms with van der Waals surface area (Å²) in [5, 5.41) is 3.30. The molecule has 5 rings (SSSR count). The van der Waals surface area contributed by atoms with Crippen molar-refractivity contribution < 1.29 is 18.0 Å². The minimum absolute atomic E-state index is 0.0162. The quantitative estimate of drug-likeness (QED) is 0.577. The number of hydrogen-bond donors (Lipinski definition) is 2. The molecule has 10 heteroatoms. The summed E-state index contributed by atoms with van der Waals surface area (Å²) in [5.74, 6) is 0.513. The van der Waals surface area contributed by atoms with Crippen LogP contribution in [0.25, 0.3) is 22.4 Å². The van der Waals surface area contributed by atoms with E-state index in [9.17, 15) is 18.0 Å². The van der Waals surface area contributed by atoms with Gasteiger partial charge < -0.3 is 10.3 Å². The first-order chi connectivity index (χ1) is 15.9. The number of amides is 1. The summed E-state index contributed by atoms with van der Waals surface area (Å²) in [7, 11) is 0. The van der Waals surface area contributed by atoms with Crippen molar-refractivity contribution in [1.29, 1.82) is 0 Å². The van der Waals surface area contributed by atoms with E-state index in [0.717, 1.165) is 43.3 Å². The van der Waals surface area contributed by atoms with Crippen molar-refractivity contribution in [3.05, 3.63) is 53.1 Å². The third-order valence-corrected chi connectivity index (χ3v) is 6.70. The molecule has 172 valence electrons. The maximum atomic E-state index is 13.8. The zero-order valence-corrected chi connectivity index (χ0v) is 18.5. The lowest BCUT2D eigenvalue weighted by atomic mass is 10.0. The number of para-hydroxylation sites is 1. The van der Waals surface area contributed by atoms with Gasteiger partial charge in [0, 0.05) is 17.9 Å². The first kappa shape index (κ1) is 22.0. The van der Waals surface area contributed by atoms with Crippen LogP contribution in [0.4, 0.5) is 13.2 Å². The molecule has 1 aromatic heterocycles. The Labute approximate surface area is 192 Å². The van der Waals surface area contributed by atoms with E-state index in [-0.39, 0.29) is 22.9 Å². The maximum Gasteiger partial charge on any atom is 0.417 e. The molecule has 3 heterocycles. The lowest BCUT2D eigenvalue weighted by Gasteiger charge is -2.17. The second-order valence-corrected chi connectivity index (χ2v) is 9.22. The average Bonchev–Trinajstić information content (AvgIpc) is 3.54. The molecule has 2 aromatic carbocycles. The van der Waals surface area contributed by atoms with E-state index in [2.05, 4.69) is 25.2 Å². The number of halogens is 3. The smallest absolute Gasteiger partial charge is 0.338 e. The second kappa shape index (κ2) is 8.83. The molecule has 3 aromatic rings. The zero-order chi connectivity index (χ0) is 23.0. The van der Waals surface area contributed by atoms with Gasteiger partial charge in [0.05, 0.1) is 23.2 Å². The number of nitrogens with zero attached hydrogens (tertiary/aromatic N) is 3. The number of aliphatic imine (C=N–C) groups is 1. The lowest BCUT2D eigenvalue weighted by molar-refractivity contribution is -0.137. The van der Waals surface area contributed by atoms with E-state index in [4.69, 9.17) is 0 Å². The van der Waals surface area contributed by atoms with Gasteiger partial charge in [0.1, 0.15) is 11.3 Å². The average molecular weight is 474 g/mol. The van der Waals surface area contributed by atoms with Gasteiger partial charge in [-0.2, -0.15) is 13.2 Å². The van der Waals surface area contributed by atoms with Gasteiger partial charge in [-0.05, 0) is 55.8 Å². The van der Waals surface area contributed by atoms with Gasteiger partial charge in [-0.25, -0.2) is 4.98 Å². The van der Waals surface area contributed by atoms with Gasteiger partial charge in [0.15, 0.2) is 5.17 Å². The van der Waals surface area contributed by atoms with Crippen LogP contribution in [0.5, 0.6) is 0 Å². The number of benzene rings is 2. The van der Waals surface area contributed by atoms with E-state index < -0.39 is 11.7 Å². The maximum absolute atomic E-state index is 13.8. The van der Waals surface area contributed by atoms with Crippen LogP contribution in [0, 0.1) is 0 Å². The highest BCUT2D eigenvalue weighted by atomic mass is 32.2. The molecule has 6 nitrogen and oxygen atoms in total. The van der Waals surface area contributed by atoms with E-state index in [0.29, 0.717) is 29.3 Å². The summed E-state index contributed by atoms with van der Waals surface area (Å²) >= 11 is 1.45. The number of amidine groups is 1. The van der Waals surface area contributed by atoms with E-state index in [1.807, 2.05) is 0 Å². The molecule has 0 unspecified atom stereocenters. The number of aromatic amines is 1. The number of alkyl halides is 3. The standard InChI is InChI=1S/C23H22F3N5OS/c24-23(25,26)17-7-6-14(13-31-9-1-2-10-31)12-16(17)20-28-18-5-3-4-15(19(18)29-20)21(32)30-22-27-8-11-33-22/h3-7,12H,1-2,8-11,13H2,(H,28,29)(H,27,30,32). The molecule has 33 heavy (non-hydrogen) atoms. The van der Waals surface area contributed by atoms with E-state index >= 15 is 0 Å². The molecule has 0 atom stereocenters. The normalized spacial score (nSPS) is 17.0. The molecule has 0 radical (unpaired) electrons. The topological polar surface area (TPSA) is 73.4 Å². The van der Waals surface area contributed by atoms with Crippen molar-refractivity contribution in [1.82, 2.24) is 20.2 Å². The summed E-state index contributed by atoms with van der Waals surface area (Å²) in [5.41, 5.74) is 1.14. The summed E-state index contributed by atoms with van der Waals surface area (Å²) in [4.78, 5) is 26.7. The molecule has 1 fully saturated rings. The van der Waals surface area contributed by atoms with Gasteiger partial charge in [-0.3, -0.25) is 14.7 Å². The zero-order valence-electron chi connectivity index (χ0n) is 17.7. The molecule has 0 aliphatic carbocycles. The number of aromatic nitrogens is 2. The van der Waals surface area contributed by atoms with Crippen LogP contribution in [0.3, 0.4) is 0 Å². The molecule has 1 saturated heterocycles. The Morgan fingerprint density at radius 2 is 2.00 bits per heavy atom. The van der Waals surface area contributed by atoms with Crippen LogP contribution in [-0.4, -0.2) is 51.3 Å². The Balaban J connectivity index is 1.54. The molecular weight excluding hydrogens is 451 g/mol. The number of rotatable bonds is 4. The highest BCUT2D eigenvalue weighted by Gasteiger charge is 2.35. The fraction of sp³-hybridized carbons (Fsp3) is 0.348. The number of thioether (sulfide) groups is 1. The third kappa shape index (κ3) is 4.63. The number of H-pyrrole nitrogens is 1. The molecule has 0 saturated carbocycles. The Morgan fingerprint density at radius 3 is 2.73 bits per heavy atom. The van der Waals surface area contributed by atoms with Gasteiger partial charge in [-0.15, -0.1) is 0 Å². The second-order valence-electron chi connectivity index (χ2n) is 8.14. The molecular formula is C23H22F3N5OS. The van der Waals surface area contributed by atoms with Crippen LogP contribution >= 0.6 is 11.8 Å². The number of imidazole rings is 1. The Morgan fingerprint density at radius 1 is 1.18 bits per heavy atom. The number of nitrogens with one attached hydrogen (secondary N) is 2. The Hall–Kier alpha value is -2.85. The first-order valence-corrected chi connectivity index (χ1v) is 11.8. The SMILES string of the molecule is O=C(NC1=NCCS1)c1cccc2[nH]c(-c3cc(CN4CCCC4)ccc3C(F)(F)F)nc12.